The molecule has 2 aromatic carbocycles. The smallest absolute Gasteiger partial charge is 0.0468 e. The summed E-state index contributed by atoms with van der Waals surface area (Å²) in [5, 5.41) is 1.47. The third-order valence-electron chi connectivity index (χ3n) is 4.11. The fraction of sp³-hybridized carbons (Fsp3) is 0.294. The molecule has 0 spiro atoms. The number of benzene rings is 2. The lowest BCUT2D eigenvalue weighted by Crippen LogP contribution is -2.34. The predicted octanol–water partition coefficient (Wildman–Crippen LogP) is 5.25. The van der Waals surface area contributed by atoms with Gasteiger partial charge in [0.2, 0.25) is 0 Å². The lowest BCUT2D eigenvalue weighted by atomic mass is 9.84. The molecule has 1 nitrogen and oxygen atoms in total. The molecule has 0 aromatic heterocycles. The molecule has 1 unspecified atom stereocenters. The van der Waals surface area contributed by atoms with Crippen LogP contribution in [0.15, 0.2) is 41.3 Å². The van der Waals surface area contributed by atoms with Crippen LogP contribution in [0.1, 0.15) is 29.5 Å². The van der Waals surface area contributed by atoms with Crippen molar-refractivity contribution in [2.45, 2.75) is 24.3 Å². The first kappa shape index (κ1) is 15.2. The van der Waals surface area contributed by atoms with E-state index in [1.54, 1.807) is 0 Å². The molecular weight excluding hydrogens is 321 g/mol. The molecule has 2 aromatic rings. The maximum absolute atomic E-state index is 6.43. The van der Waals surface area contributed by atoms with Crippen LogP contribution in [0.4, 0.5) is 0 Å². The van der Waals surface area contributed by atoms with Crippen LogP contribution >= 0.6 is 35.8 Å². The molecule has 0 saturated heterocycles. The zero-order chi connectivity index (χ0) is 15.0. The van der Waals surface area contributed by atoms with Crippen LogP contribution in [0.25, 0.3) is 0 Å². The van der Waals surface area contributed by atoms with Crippen molar-refractivity contribution < 1.29 is 0 Å². The van der Waals surface area contributed by atoms with Crippen molar-refractivity contribution in [3.63, 3.8) is 0 Å². The molecule has 0 fully saturated rings. The molecule has 3 rings (SSSR count). The average Bonchev–Trinajstić information content (AvgIpc) is 2.46. The summed E-state index contributed by atoms with van der Waals surface area (Å²) in [4.78, 5) is 3.40. The van der Waals surface area contributed by atoms with Crippen molar-refractivity contribution >= 4 is 35.8 Å². The first-order chi connectivity index (χ1) is 10.1. The van der Waals surface area contributed by atoms with Crippen LogP contribution < -0.4 is 0 Å². The summed E-state index contributed by atoms with van der Waals surface area (Å²) in [6.45, 7) is 5.06. The fourth-order valence-corrected chi connectivity index (χ4v) is 3.82. The Kier molecular flexibility index (Phi) is 4.51. The number of hydrogen-bond donors (Lipinski definition) is 1. The summed E-state index contributed by atoms with van der Waals surface area (Å²) in [7, 11) is 0. The van der Waals surface area contributed by atoms with E-state index in [0.29, 0.717) is 5.02 Å². The van der Waals surface area contributed by atoms with E-state index in [-0.39, 0.29) is 5.92 Å². The highest BCUT2D eigenvalue weighted by Crippen LogP contribution is 2.39. The predicted molar refractivity (Wildman–Crippen MR) is 93.0 cm³/mol. The van der Waals surface area contributed by atoms with Gasteiger partial charge in [-0.3, -0.25) is 4.90 Å². The van der Waals surface area contributed by atoms with Crippen molar-refractivity contribution in [2.75, 3.05) is 13.1 Å². The van der Waals surface area contributed by atoms with E-state index in [1.807, 2.05) is 18.2 Å². The Morgan fingerprint density at radius 2 is 2.05 bits per heavy atom. The number of nitrogens with zero attached hydrogens (tertiary/aromatic N) is 1. The average molecular weight is 338 g/mol. The quantitative estimate of drug-likeness (QED) is 0.732. The standard InChI is InChI=1S/C17H17Cl2NS/c1-2-20-9-15(11-4-3-5-13(21)6-11)14-7-12(18)8-17(19)16(14)10-20/h3-8,15,21H,2,9-10H2,1H3. The number of hydrogen-bond acceptors (Lipinski definition) is 2. The summed E-state index contributed by atoms with van der Waals surface area (Å²) in [5.41, 5.74) is 3.71. The Bertz CT molecular complexity index is 672. The van der Waals surface area contributed by atoms with Crippen LogP contribution in [0.5, 0.6) is 0 Å². The number of halogens is 2. The highest BCUT2D eigenvalue weighted by Gasteiger charge is 2.27. The molecule has 4 heteroatoms. The van der Waals surface area contributed by atoms with Crippen LogP contribution in [0.3, 0.4) is 0 Å². The van der Waals surface area contributed by atoms with Gasteiger partial charge in [-0.15, -0.1) is 12.6 Å². The second-order valence-electron chi connectivity index (χ2n) is 5.43. The fourth-order valence-electron chi connectivity index (χ4n) is 3.01. The molecule has 0 aliphatic carbocycles. The molecular formula is C17H17Cl2NS. The van der Waals surface area contributed by atoms with Gasteiger partial charge in [0.1, 0.15) is 0 Å². The zero-order valence-corrected chi connectivity index (χ0v) is 14.2. The number of thiol groups is 1. The third kappa shape index (κ3) is 3.09. The summed E-state index contributed by atoms with van der Waals surface area (Å²) in [6.07, 6.45) is 0. The Morgan fingerprint density at radius 3 is 2.76 bits per heavy atom. The van der Waals surface area contributed by atoms with Crippen molar-refractivity contribution in [1.29, 1.82) is 0 Å². The maximum Gasteiger partial charge on any atom is 0.0468 e. The summed E-state index contributed by atoms with van der Waals surface area (Å²) >= 11 is 17.1. The van der Waals surface area contributed by atoms with Crippen molar-refractivity contribution in [1.82, 2.24) is 4.90 Å². The molecule has 110 valence electrons. The lowest BCUT2D eigenvalue weighted by Gasteiger charge is -2.35. The van der Waals surface area contributed by atoms with Gasteiger partial charge in [-0.2, -0.15) is 0 Å². The van der Waals surface area contributed by atoms with Crippen molar-refractivity contribution in [2.24, 2.45) is 0 Å². The molecule has 0 N–H and O–H groups in total. The molecule has 0 bridgehead atoms. The SMILES string of the molecule is CCN1Cc2c(Cl)cc(Cl)cc2C(c2cccc(S)c2)C1. The van der Waals surface area contributed by atoms with Gasteiger partial charge in [-0.25, -0.2) is 0 Å². The van der Waals surface area contributed by atoms with Gasteiger partial charge < -0.3 is 0 Å². The summed E-state index contributed by atoms with van der Waals surface area (Å²) < 4.78 is 0. The maximum atomic E-state index is 6.43. The normalized spacial score (nSPS) is 18.6. The van der Waals surface area contributed by atoms with Gasteiger partial charge in [0.15, 0.2) is 0 Å². The number of rotatable bonds is 2. The van der Waals surface area contributed by atoms with Gasteiger partial charge in [0.05, 0.1) is 0 Å². The lowest BCUT2D eigenvalue weighted by molar-refractivity contribution is 0.253. The van der Waals surface area contributed by atoms with Crippen LogP contribution in [0, 0.1) is 0 Å². The molecule has 0 saturated carbocycles. The Morgan fingerprint density at radius 1 is 1.24 bits per heavy atom. The summed E-state index contributed by atoms with van der Waals surface area (Å²) in [6, 6.07) is 12.2. The summed E-state index contributed by atoms with van der Waals surface area (Å²) in [5.74, 6) is 0.289. The minimum atomic E-state index is 0.289. The van der Waals surface area contributed by atoms with Gasteiger partial charge in [-0.05, 0) is 47.5 Å². The molecule has 0 amide bonds. The number of fused-ring (bicyclic) bond motifs is 1. The molecule has 1 atom stereocenters. The van der Waals surface area contributed by atoms with E-state index in [1.165, 1.54) is 16.7 Å². The van der Waals surface area contributed by atoms with Crippen LogP contribution in [-0.2, 0) is 6.54 Å². The molecule has 1 aliphatic rings. The molecule has 0 radical (unpaired) electrons. The first-order valence-electron chi connectivity index (χ1n) is 7.07. The van der Waals surface area contributed by atoms with Gasteiger partial charge in [0, 0.05) is 33.9 Å². The Hall–Kier alpha value is -0.670. The zero-order valence-electron chi connectivity index (χ0n) is 11.8. The van der Waals surface area contributed by atoms with Crippen LogP contribution in [0.2, 0.25) is 10.0 Å². The van der Waals surface area contributed by atoms with Crippen molar-refractivity contribution in [3.8, 4) is 0 Å². The minimum absolute atomic E-state index is 0.289. The molecule has 1 aliphatic heterocycles. The van der Waals surface area contributed by atoms with E-state index in [9.17, 15) is 0 Å². The second kappa shape index (κ2) is 6.21. The molecule has 21 heavy (non-hydrogen) atoms. The topological polar surface area (TPSA) is 3.24 Å². The van der Waals surface area contributed by atoms with E-state index in [4.69, 9.17) is 23.2 Å². The highest BCUT2D eigenvalue weighted by atomic mass is 35.5. The van der Waals surface area contributed by atoms with Crippen LogP contribution in [-0.4, -0.2) is 18.0 Å². The Balaban J connectivity index is 2.13. The van der Waals surface area contributed by atoms with E-state index in [2.05, 4.69) is 42.7 Å². The van der Waals surface area contributed by atoms with E-state index in [0.717, 1.165) is 29.6 Å². The van der Waals surface area contributed by atoms with Gasteiger partial charge in [-0.1, -0.05) is 42.3 Å². The molecule has 1 heterocycles. The number of likely N-dealkylation sites (N-methyl/N-ethyl adjacent to an activating group) is 1. The van der Waals surface area contributed by atoms with E-state index < -0.39 is 0 Å². The van der Waals surface area contributed by atoms with Gasteiger partial charge >= 0.3 is 0 Å². The monoisotopic (exact) mass is 337 g/mol. The first-order valence-corrected chi connectivity index (χ1v) is 8.28. The highest BCUT2D eigenvalue weighted by molar-refractivity contribution is 7.80. The van der Waals surface area contributed by atoms with E-state index >= 15 is 0 Å². The largest absolute Gasteiger partial charge is 0.298 e. The van der Waals surface area contributed by atoms with Crippen molar-refractivity contribution in [3.05, 3.63) is 63.1 Å². The minimum Gasteiger partial charge on any atom is -0.298 e. The Labute approximate surface area is 141 Å². The van der Waals surface area contributed by atoms with Gasteiger partial charge in [0.25, 0.3) is 0 Å². The third-order valence-corrected chi connectivity index (χ3v) is 4.95. The second-order valence-corrected chi connectivity index (χ2v) is 6.79.